The molecule has 3 rings (SSSR count). The van der Waals surface area contributed by atoms with Crippen molar-refractivity contribution >= 4 is 15.9 Å². The lowest BCUT2D eigenvalue weighted by Gasteiger charge is -2.24. The van der Waals surface area contributed by atoms with Crippen LogP contribution in [-0.2, 0) is 6.54 Å². The van der Waals surface area contributed by atoms with Gasteiger partial charge in [-0.05, 0) is 49.2 Å². The molecule has 1 unspecified atom stereocenters. The Kier molecular flexibility index (Phi) is 3.95. The minimum atomic E-state index is 0.527. The second kappa shape index (κ2) is 5.85. The first kappa shape index (κ1) is 12.8. The van der Waals surface area contributed by atoms with Gasteiger partial charge in [-0.25, -0.2) is 0 Å². The van der Waals surface area contributed by atoms with Crippen molar-refractivity contribution in [2.24, 2.45) is 0 Å². The van der Waals surface area contributed by atoms with Gasteiger partial charge < -0.3 is 0 Å². The quantitative estimate of drug-likeness (QED) is 0.844. The molecule has 0 N–H and O–H groups in total. The van der Waals surface area contributed by atoms with Crippen molar-refractivity contribution in [3.05, 3.63) is 64.4 Å². The Bertz CT molecular complexity index is 541. The largest absolute Gasteiger partial charge is 0.291 e. The normalized spacial score (nSPS) is 19.7. The third-order valence-electron chi connectivity index (χ3n) is 3.69. The summed E-state index contributed by atoms with van der Waals surface area (Å²) in [5, 5.41) is 0. The standard InChI is InChI=1S/C16H17BrN2/c17-14-6-3-5-13(11-14)16-8-4-10-19(16)12-15-7-1-2-9-18-15/h1-3,5-7,9,11,16H,4,8,10,12H2. The summed E-state index contributed by atoms with van der Waals surface area (Å²) in [6.45, 7) is 2.10. The van der Waals surface area contributed by atoms with Gasteiger partial charge in [0.2, 0.25) is 0 Å². The molecule has 1 aromatic heterocycles. The summed E-state index contributed by atoms with van der Waals surface area (Å²) in [6.07, 6.45) is 4.38. The summed E-state index contributed by atoms with van der Waals surface area (Å²) in [4.78, 5) is 6.97. The second-order valence-electron chi connectivity index (χ2n) is 5.00. The van der Waals surface area contributed by atoms with Crippen LogP contribution < -0.4 is 0 Å². The Morgan fingerprint density at radius 1 is 1.21 bits per heavy atom. The van der Waals surface area contributed by atoms with Crippen LogP contribution in [0.4, 0.5) is 0 Å². The fourth-order valence-corrected chi connectivity index (χ4v) is 3.22. The predicted molar refractivity (Wildman–Crippen MR) is 80.8 cm³/mol. The minimum absolute atomic E-state index is 0.527. The number of aromatic nitrogens is 1. The lowest BCUT2D eigenvalue weighted by molar-refractivity contribution is 0.245. The Morgan fingerprint density at radius 2 is 2.16 bits per heavy atom. The number of benzene rings is 1. The van der Waals surface area contributed by atoms with Crippen LogP contribution in [0.1, 0.15) is 30.1 Å². The maximum atomic E-state index is 4.44. The second-order valence-corrected chi connectivity index (χ2v) is 5.92. The van der Waals surface area contributed by atoms with Crippen molar-refractivity contribution < 1.29 is 0 Å². The van der Waals surface area contributed by atoms with Crippen LogP contribution in [0, 0.1) is 0 Å². The van der Waals surface area contributed by atoms with E-state index in [1.165, 1.54) is 18.4 Å². The molecule has 0 spiro atoms. The molecule has 1 atom stereocenters. The summed E-state index contributed by atoms with van der Waals surface area (Å²) in [5.41, 5.74) is 2.56. The number of likely N-dealkylation sites (tertiary alicyclic amines) is 1. The third-order valence-corrected chi connectivity index (χ3v) is 4.18. The molecule has 2 aromatic rings. The Labute approximate surface area is 122 Å². The molecule has 98 valence electrons. The van der Waals surface area contributed by atoms with Crippen LogP contribution in [0.2, 0.25) is 0 Å². The molecule has 2 heterocycles. The average molecular weight is 317 g/mol. The molecule has 0 aliphatic carbocycles. The van der Waals surface area contributed by atoms with Crippen LogP contribution in [0.25, 0.3) is 0 Å². The fraction of sp³-hybridized carbons (Fsp3) is 0.312. The molecule has 19 heavy (non-hydrogen) atoms. The number of hydrogen-bond acceptors (Lipinski definition) is 2. The Hall–Kier alpha value is -1.19. The van der Waals surface area contributed by atoms with Gasteiger partial charge in [0.05, 0.1) is 5.69 Å². The van der Waals surface area contributed by atoms with E-state index in [0.29, 0.717) is 6.04 Å². The van der Waals surface area contributed by atoms with E-state index in [0.717, 1.165) is 23.3 Å². The third kappa shape index (κ3) is 3.04. The zero-order valence-corrected chi connectivity index (χ0v) is 12.4. The van der Waals surface area contributed by atoms with Crippen molar-refractivity contribution in [3.63, 3.8) is 0 Å². The molecule has 1 fully saturated rings. The van der Waals surface area contributed by atoms with Crippen molar-refractivity contribution in [2.45, 2.75) is 25.4 Å². The van der Waals surface area contributed by atoms with E-state index < -0.39 is 0 Å². The van der Waals surface area contributed by atoms with Crippen LogP contribution in [-0.4, -0.2) is 16.4 Å². The highest BCUT2D eigenvalue weighted by Gasteiger charge is 2.26. The monoisotopic (exact) mass is 316 g/mol. The SMILES string of the molecule is Brc1cccc(C2CCCN2Cc2ccccn2)c1. The van der Waals surface area contributed by atoms with Gasteiger partial charge in [0, 0.05) is 23.3 Å². The molecule has 2 nitrogen and oxygen atoms in total. The molecule has 0 saturated carbocycles. The zero-order chi connectivity index (χ0) is 13.1. The zero-order valence-electron chi connectivity index (χ0n) is 10.8. The van der Waals surface area contributed by atoms with Crippen molar-refractivity contribution in [2.75, 3.05) is 6.54 Å². The van der Waals surface area contributed by atoms with Gasteiger partial charge in [-0.2, -0.15) is 0 Å². The van der Waals surface area contributed by atoms with Crippen LogP contribution in [0.5, 0.6) is 0 Å². The van der Waals surface area contributed by atoms with Gasteiger partial charge in [0.25, 0.3) is 0 Å². The van der Waals surface area contributed by atoms with E-state index in [1.54, 1.807) is 0 Å². The summed E-state index contributed by atoms with van der Waals surface area (Å²) in [7, 11) is 0. The maximum Gasteiger partial charge on any atom is 0.0544 e. The van der Waals surface area contributed by atoms with E-state index in [-0.39, 0.29) is 0 Å². The van der Waals surface area contributed by atoms with Crippen LogP contribution in [0.15, 0.2) is 53.1 Å². The van der Waals surface area contributed by atoms with Crippen molar-refractivity contribution in [1.82, 2.24) is 9.88 Å². The first-order valence-electron chi connectivity index (χ1n) is 6.72. The molecular formula is C16H17BrN2. The number of nitrogens with zero attached hydrogens (tertiary/aromatic N) is 2. The average Bonchev–Trinajstić information content (AvgIpc) is 2.88. The molecule has 3 heteroatoms. The molecule has 0 radical (unpaired) electrons. The number of pyridine rings is 1. The molecule has 0 amide bonds. The number of halogens is 1. The van der Waals surface area contributed by atoms with Gasteiger partial charge in [0.15, 0.2) is 0 Å². The summed E-state index contributed by atoms with van der Waals surface area (Å²) in [5.74, 6) is 0. The molecular weight excluding hydrogens is 300 g/mol. The Morgan fingerprint density at radius 3 is 2.95 bits per heavy atom. The molecule has 1 aromatic carbocycles. The fourth-order valence-electron chi connectivity index (χ4n) is 2.81. The predicted octanol–water partition coefficient (Wildman–Crippen LogP) is 4.18. The highest BCUT2D eigenvalue weighted by atomic mass is 79.9. The van der Waals surface area contributed by atoms with Crippen molar-refractivity contribution in [3.8, 4) is 0 Å². The van der Waals surface area contributed by atoms with Crippen molar-refractivity contribution in [1.29, 1.82) is 0 Å². The van der Waals surface area contributed by atoms with Gasteiger partial charge in [0.1, 0.15) is 0 Å². The topological polar surface area (TPSA) is 16.1 Å². The van der Waals surface area contributed by atoms with Gasteiger partial charge in [-0.1, -0.05) is 34.1 Å². The Balaban J connectivity index is 1.78. The van der Waals surface area contributed by atoms with E-state index in [9.17, 15) is 0 Å². The number of rotatable bonds is 3. The van der Waals surface area contributed by atoms with E-state index in [2.05, 4.69) is 62.2 Å². The summed E-state index contributed by atoms with van der Waals surface area (Å²) >= 11 is 3.57. The first-order chi connectivity index (χ1) is 9.33. The van der Waals surface area contributed by atoms with Crippen LogP contribution in [0.3, 0.4) is 0 Å². The molecule has 0 bridgehead atoms. The smallest absolute Gasteiger partial charge is 0.0544 e. The molecule has 1 aliphatic heterocycles. The van der Waals surface area contributed by atoms with E-state index in [4.69, 9.17) is 0 Å². The van der Waals surface area contributed by atoms with Gasteiger partial charge in [-0.15, -0.1) is 0 Å². The van der Waals surface area contributed by atoms with Gasteiger partial charge in [-0.3, -0.25) is 9.88 Å². The summed E-state index contributed by atoms with van der Waals surface area (Å²) in [6, 6.07) is 15.3. The minimum Gasteiger partial charge on any atom is -0.291 e. The number of hydrogen-bond donors (Lipinski definition) is 0. The van der Waals surface area contributed by atoms with E-state index >= 15 is 0 Å². The van der Waals surface area contributed by atoms with E-state index in [1.807, 2.05) is 12.3 Å². The lowest BCUT2D eigenvalue weighted by atomic mass is 10.0. The molecule has 1 saturated heterocycles. The summed E-state index contributed by atoms with van der Waals surface area (Å²) < 4.78 is 1.16. The highest BCUT2D eigenvalue weighted by molar-refractivity contribution is 9.10. The lowest BCUT2D eigenvalue weighted by Crippen LogP contribution is -2.23. The maximum absolute atomic E-state index is 4.44. The highest BCUT2D eigenvalue weighted by Crippen LogP contribution is 2.33. The molecule has 1 aliphatic rings. The van der Waals surface area contributed by atoms with Crippen LogP contribution >= 0.6 is 15.9 Å². The first-order valence-corrected chi connectivity index (χ1v) is 7.51. The van der Waals surface area contributed by atoms with Gasteiger partial charge >= 0.3 is 0 Å².